The third kappa shape index (κ3) is 3.37. The Kier molecular flexibility index (Phi) is 4.43. The minimum atomic E-state index is 0.454. The summed E-state index contributed by atoms with van der Waals surface area (Å²) in [5.41, 5.74) is 1.98. The first-order valence-corrected chi connectivity index (χ1v) is 8.05. The van der Waals surface area contributed by atoms with E-state index in [1.165, 1.54) is 0 Å². The first kappa shape index (κ1) is 14.4. The molecule has 0 saturated carbocycles. The molecule has 4 nitrogen and oxygen atoms in total. The molecule has 0 unspecified atom stereocenters. The summed E-state index contributed by atoms with van der Waals surface area (Å²) in [6, 6.07) is 5.69. The maximum Gasteiger partial charge on any atom is 0.193 e. The number of nitrogens with one attached hydrogen (secondary N) is 1. The molecule has 0 atom stereocenters. The highest BCUT2D eigenvalue weighted by molar-refractivity contribution is 7.15. The van der Waals surface area contributed by atoms with E-state index >= 15 is 0 Å². The van der Waals surface area contributed by atoms with Crippen molar-refractivity contribution in [1.82, 2.24) is 14.7 Å². The number of benzene rings is 1. The zero-order valence-electron chi connectivity index (χ0n) is 11.7. The van der Waals surface area contributed by atoms with Gasteiger partial charge >= 0.3 is 0 Å². The van der Waals surface area contributed by atoms with Crippen LogP contribution in [0.1, 0.15) is 18.2 Å². The lowest BCUT2D eigenvalue weighted by molar-refractivity contribution is 0.298. The number of halogens is 1. The summed E-state index contributed by atoms with van der Waals surface area (Å²) < 4.78 is 7.91. The second kappa shape index (κ2) is 6.47. The van der Waals surface area contributed by atoms with Crippen LogP contribution in [0.25, 0.3) is 4.96 Å². The number of aromatic nitrogens is 2. The van der Waals surface area contributed by atoms with Gasteiger partial charge in [-0.15, -0.1) is 11.3 Å². The van der Waals surface area contributed by atoms with Crippen molar-refractivity contribution in [3.05, 3.63) is 52.3 Å². The van der Waals surface area contributed by atoms with Crippen molar-refractivity contribution in [1.29, 1.82) is 0 Å². The van der Waals surface area contributed by atoms with Gasteiger partial charge in [0.15, 0.2) is 4.96 Å². The molecule has 6 heteroatoms. The lowest BCUT2D eigenvalue weighted by Crippen LogP contribution is -2.13. The summed E-state index contributed by atoms with van der Waals surface area (Å²) in [7, 11) is 0. The molecule has 0 fully saturated rings. The Hall–Kier alpha value is -1.56. The largest absolute Gasteiger partial charge is 0.487 e. The minimum absolute atomic E-state index is 0.454. The topological polar surface area (TPSA) is 38.6 Å². The van der Waals surface area contributed by atoms with Crippen molar-refractivity contribution in [2.24, 2.45) is 0 Å². The standard InChI is InChI=1S/C15H16ClN3OS/c1-2-17-8-11-7-12(16)3-4-14(11)20-10-13-9-19-5-6-21-15(19)18-13/h3-7,9,17H,2,8,10H2,1H3. The van der Waals surface area contributed by atoms with Gasteiger partial charge in [-0.3, -0.25) is 4.40 Å². The molecular formula is C15H16ClN3OS. The van der Waals surface area contributed by atoms with Crippen LogP contribution in [0.4, 0.5) is 0 Å². The van der Waals surface area contributed by atoms with Gasteiger partial charge < -0.3 is 10.1 Å². The van der Waals surface area contributed by atoms with E-state index in [1.807, 2.05) is 40.4 Å². The Labute approximate surface area is 132 Å². The molecule has 2 aromatic heterocycles. The summed E-state index contributed by atoms with van der Waals surface area (Å²) in [4.78, 5) is 5.50. The summed E-state index contributed by atoms with van der Waals surface area (Å²) in [5, 5.41) is 6.03. The highest BCUT2D eigenvalue weighted by atomic mass is 35.5. The molecule has 0 saturated heterocycles. The van der Waals surface area contributed by atoms with Gasteiger partial charge in [0.05, 0.1) is 5.69 Å². The highest BCUT2D eigenvalue weighted by Crippen LogP contribution is 2.24. The van der Waals surface area contributed by atoms with Crippen LogP contribution in [0.5, 0.6) is 5.75 Å². The molecule has 0 aliphatic heterocycles. The SMILES string of the molecule is CCNCc1cc(Cl)ccc1OCc1cn2ccsc2n1. The van der Waals surface area contributed by atoms with Gasteiger partial charge in [0.2, 0.25) is 0 Å². The fourth-order valence-electron chi connectivity index (χ4n) is 2.08. The van der Waals surface area contributed by atoms with E-state index in [0.29, 0.717) is 6.61 Å². The van der Waals surface area contributed by atoms with Gasteiger partial charge in [-0.25, -0.2) is 4.98 Å². The van der Waals surface area contributed by atoms with Gasteiger partial charge in [-0.2, -0.15) is 0 Å². The van der Waals surface area contributed by atoms with Gasteiger partial charge in [-0.1, -0.05) is 18.5 Å². The Morgan fingerprint density at radius 2 is 2.33 bits per heavy atom. The number of thiazole rings is 1. The van der Waals surface area contributed by atoms with Crippen molar-refractivity contribution >= 4 is 27.9 Å². The molecule has 0 aliphatic carbocycles. The molecular weight excluding hydrogens is 306 g/mol. The van der Waals surface area contributed by atoms with Crippen molar-refractivity contribution in [3.8, 4) is 5.75 Å². The molecule has 2 heterocycles. The molecule has 0 radical (unpaired) electrons. The maximum atomic E-state index is 6.05. The summed E-state index contributed by atoms with van der Waals surface area (Å²) in [5.74, 6) is 0.844. The van der Waals surface area contributed by atoms with Crippen molar-refractivity contribution in [2.75, 3.05) is 6.54 Å². The number of rotatable bonds is 6. The van der Waals surface area contributed by atoms with Crippen molar-refractivity contribution in [3.63, 3.8) is 0 Å². The molecule has 3 rings (SSSR count). The first-order chi connectivity index (χ1) is 10.3. The van der Waals surface area contributed by atoms with Crippen LogP contribution in [-0.2, 0) is 13.2 Å². The first-order valence-electron chi connectivity index (χ1n) is 6.79. The Balaban J connectivity index is 1.73. The van der Waals surface area contributed by atoms with Crippen LogP contribution in [0, 0.1) is 0 Å². The van der Waals surface area contributed by atoms with Gasteiger partial charge in [-0.05, 0) is 24.7 Å². The quantitative estimate of drug-likeness (QED) is 0.751. The zero-order chi connectivity index (χ0) is 14.7. The van der Waals surface area contributed by atoms with Crippen LogP contribution in [0.3, 0.4) is 0 Å². The van der Waals surface area contributed by atoms with Gasteiger partial charge in [0, 0.05) is 34.9 Å². The average Bonchev–Trinajstić information content (AvgIpc) is 3.05. The lowest BCUT2D eigenvalue weighted by Gasteiger charge is -2.11. The molecule has 0 spiro atoms. The van der Waals surface area contributed by atoms with E-state index < -0.39 is 0 Å². The minimum Gasteiger partial charge on any atom is -0.487 e. The summed E-state index contributed by atoms with van der Waals surface area (Å²) in [6.45, 7) is 4.17. The fraction of sp³-hybridized carbons (Fsp3) is 0.267. The third-order valence-corrected chi connectivity index (χ3v) is 4.11. The lowest BCUT2D eigenvalue weighted by atomic mass is 10.2. The van der Waals surface area contributed by atoms with Crippen molar-refractivity contribution in [2.45, 2.75) is 20.1 Å². The molecule has 110 valence electrons. The number of ether oxygens (including phenoxy) is 1. The molecule has 0 amide bonds. The van der Waals surface area contributed by atoms with Crippen LogP contribution >= 0.6 is 22.9 Å². The number of fused-ring (bicyclic) bond motifs is 1. The Morgan fingerprint density at radius 3 is 3.14 bits per heavy atom. The fourth-order valence-corrected chi connectivity index (χ4v) is 3.00. The maximum absolute atomic E-state index is 6.05. The predicted octanol–water partition coefficient (Wildman–Crippen LogP) is 3.74. The highest BCUT2D eigenvalue weighted by Gasteiger charge is 2.07. The third-order valence-electron chi connectivity index (χ3n) is 3.11. The summed E-state index contributed by atoms with van der Waals surface area (Å²) in [6.07, 6.45) is 3.99. The number of hydrogen-bond acceptors (Lipinski definition) is 4. The number of nitrogens with zero attached hydrogens (tertiary/aromatic N) is 2. The van der Waals surface area contributed by atoms with Crippen LogP contribution < -0.4 is 10.1 Å². The Morgan fingerprint density at radius 1 is 1.43 bits per heavy atom. The Bertz CT molecular complexity index is 709. The molecule has 3 aromatic rings. The monoisotopic (exact) mass is 321 g/mol. The summed E-state index contributed by atoms with van der Waals surface area (Å²) >= 11 is 7.67. The van der Waals surface area contributed by atoms with Crippen molar-refractivity contribution < 1.29 is 4.74 Å². The van der Waals surface area contributed by atoms with E-state index in [0.717, 1.165) is 40.1 Å². The van der Waals surface area contributed by atoms with E-state index in [1.54, 1.807) is 11.3 Å². The normalized spacial score (nSPS) is 11.1. The number of imidazole rings is 1. The van der Waals surface area contributed by atoms with Crippen LogP contribution in [0.2, 0.25) is 5.02 Å². The van der Waals surface area contributed by atoms with E-state index in [2.05, 4.69) is 17.2 Å². The van der Waals surface area contributed by atoms with E-state index in [-0.39, 0.29) is 0 Å². The average molecular weight is 322 g/mol. The van der Waals surface area contributed by atoms with E-state index in [4.69, 9.17) is 16.3 Å². The van der Waals surface area contributed by atoms with E-state index in [9.17, 15) is 0 Å². The van der Waals surface area contributed by atoms with Crippen LogP contribution in [-0.4, -0.2) is 15.9 Å². The smallest absolute Gasteiger partial charge is 0.193 e. The molecule has 1 aromatic carbocycles. The second-order valence-electron chi connectivity index (χ2n) is 4.65. The zero-order valence-corrected chi connectivity index (χ0v) is 13.2. The molecule has 1 N–H and O–H groups in total. The second-order valence-corrected chi connectivity index (χ2v) is 5.96. The molecule has 0 bridgehead atoms. The molecule has 21 heavy (non-hydrogen) atoms. The van der Waals surface area contributed by atoms with Gasteiger partial charge in [0.1, 0.15) is 12.4 Å². The predicted molar refractivity (Wildman–Crippen MR) is 86.2 cm³/mol. The van der Waals surface area contributed by atoms with Gasteiger partial charge in [0.25, 0.3) is 0 Å². The molecule has 0 aliphatic rings. The number of hydrogen-bond donors (Lipinski definition) is 1. The van der Waals surface area contributed by atoms with Crippen LogP contribution in [0.15, 0.2) is 36.0 Å².